The number of nitrogens with zero attached hydrogens (tertiary/aromatic N) is 3. The highest BCUT2D eigenvalue weighted by Gasteiger charge is 2.34. The third-order valence-electron chi connectivity index (χ3n) is 4.77. The highest BCUT2D eigenvalue weighted by Crippen LogP contribution is 2.26. The molecule has 6 nitrogen and oxygen atoms in total. The summed E-state index contributed by atoms with van der Waals surface area (Å²) >= 11 is 0. The van der Waals surface area contributed by atoms with Gasteiger partial charge in [0.05, 0.1) is 12.0 Å². The molecule has 6 heteroatoms. The van der Waals surface area contributed by atoms with E-state index < -0.39 is 0 Å². The van der Waals surface area contributed by atoms with Gasteiger partial charge in [0.2, 0.25) is 5.91 Å². The number of hydrogen-bond donors (Lipinski definition) is 1. The van der Waals surface area contributed by atoms with Crippen LogP contribution in [0.15, 0.2) is 6.07 Å². The molecule has 3 heterocycles. The molecule has 2 aliphatic heterocycles. The molecule has 0 aliphatic carbocycles. The van der Waals surface area contributed by atoms with Gasteiger partial charge in [0, 0.05) is 44.5 Å². The van der Waals surface area contributed by atoms with E-state index in [4.69, 9.17) is 4.74 Å². The topological polar surface area (TPSA) is 61.5 Å². The fourth-order valence-electron chi connectivity index (χ4n) is 3.48. The maximum absolute atomic E-state index is 12.8. The Labute approximate surface area is 131 Å². The van der Waals surface area contributed by atoms with Crippen LogP contribution in [0.5, 0.6) is 0 Å². The quantitative estimate of drug-likeness (QED) is 0.921. The maximum atomic E-state index is 12.8. The second-order valence-corrected chi connectivity index (χ2v) is 6.29. The number of aromatic amines is 1. The minimum absolute atomic E-state index is 0.0536. The maximum Gasteiger partial charge on any atom is 0.228 e. The summed E-state index contributed by atoms with van der Waals surface area (Å²) < 4.78 is 5.77. The Morgan fingerprint density at radius 1 is 1.41 bits per heavy atom. The van der Waals surface area contributed by atoms with Crippen LogP contribution >= 0.6 is 0 Å². The van der Waals surface area contributed by atoms with Crippen LogP contribution in [0.25, 0.3) is 0 Å². The first-order valence-electron chi connectivity index (χ1n) is 8.36. The number of anilines is 1. The molecule has 22 heavy (non-hydrogen) atoms. The average Bonchev–Trinajstić information content (AvgIpc) is 3.01. The van der Waals surface area contributed by atoms with E-state index in [2.05, 4.69) is 28.1 Å². The number of carbonyl (C=O) groups is 1. The minimum atomic E-state index is 0.0536. The molecule has 0 saturated carbocycles. The Balaban J connectivity index is 1.57. The van der Waals surface area contributed by atoms with Gasteiger partial charge in [0.15, 0.2) is 5.82 Å². The standard InChI is InChI=1S/C16H26N4O2/c1-3-14-13(5-4-10-22-14)16(21)20-8-6-19(7-9-20)15-11-12(2)17-18-15/h11,13-14H,3-10H2,1-2H3,(H,17,18)/t13-,14+/m1/s1. The first-order chi connectivity index (χ1) is 10.7. The third-order valence-corrected chi connectivity index (χ3v) is 4.77. The van der Waals surface area contributed by atoms with Gasteiger partial charge in [-0.15, -0.1) is 0 Å². The van der Waals surface area contributed by atoms with Crippen molar-refractivity contribution in [1.82, 2.24) is 15.1 Å². The zero-order chi connectivity index (χ0) is 15.5. The van der Waals surface area contributed by atoms with E-state index in [1.807, 2.05) is 11.8 Å². The number of aromatic nitrogens is 2. The van der Waals surface area contributed by atoms with Crippen molar-refractivity contribution in [2.75, 3.05) is 37.7 Å². The molecule has 0 aromatic carbocycles. The monoisotopic (exact) mass is 306 g/mol. The van der Waals surface area contributed by atoms with E-state index in [-0.39, 0.29) is 17.9 Å². The van der Waals surface area contributed by atoms with Crippen LogP contribution in [-0.4, -0.2) is 59.9 Å². The Morgan fingerprint density at radius 2 is 2.18 bits per heavy atom. The first-order valence-corrected chi connectivity index (χ1v) is 8.36. The molecule has 1 amide bonds. The summed E-state index contributed by atoms with van der Waals surface area (Å²) in [6.07, 6.45) is 2.99. The number of carbonyl (C=O) groups excluding carboxylic acids is 1. The van der Waals surface area contributed by atoms with Crippen molar-refractivity contribution in [2.45, 2.75) is 39.2 Å². The second-order valence-electron chi connectivity index (χ2n) is 6.29. The summed E-state index contributed by atoms with van der Waals surface area (Å²) in [5.74, 6) is 1.32. The largest absolute Gasteiger partial charge is 0.377 e. The van der Waals surface area contributed by atoms with Gasteiger partial charge in [-0.25, -0.2) is 0 Å². The van der Waals surface area contributed by atoms with Crippen molar-refractivity contribution < 1.29 is 9.53 Å². The van der Waals surface area contributed by atoms with Gasteiger partial charge in [-0.2, -0.15) is 5.10 Å². The van der Waals surface area contributed by atoms with Gasteiger partial charge in [0.1, 0.15) is 0 Å². The number of nitrogens with one attached hydrogen (secondary N) is 1. The van der Waals surface area contributed by atoms with Gasteiger partial charge in [-0.05, 0) is 26.2 Å². The van der Waals surface area contributed by atoms with Crippen LogP contribution in [-0.2, 0) is 9.53 Å². The van der Waals surface area contributed by atoms with Crippen molar-refractivity contribution in [1.29, 1.82) is 0 Å². The van der Waals surface area contributed by atoms with Crippen molar-refractivity contribution in [3.8, 4) is 0 Å². The summed E-state index contributed by atoms with van der Waals surface area (Å²) in [5.41, 5.74) is 1.07. The number of hydrogen-bond acceptors (Lipinski definition) is 4. The van der Waals surface area contributed by atoms with Crippen molar-refractivity contribution in [2.24, 2.45) is 5.92 Å². The Bertz CT molecular complexity index is 508. The van der Waals surface area contributed by atoms with Gasteiger partial charge in [-0.1, -0.05) is 6.92 Å². The summed E-state index contributed by atoms with van der Waals surface area (Å²) in [5, 5.41) is 7.28. The predicted octanol–water partition coefficient (Wildman–Crippen LogP) is 1.57. The summed E-state index contributed by atoms with van der Waals surface area (Å²) in [6.45, 7) is 8.16. The number of rotatable bonds is 3. The summed E-state index contributed by atoms with van der Waals surface area (Å²) in [7, 11) is 0. The molecule has 0 spiro atoms. The van der Waals surface area contributed by atoms with Crippen molar-refractivity contribution in [3.63, 3.8) is 0 Å². The van der Waals surface area contributed by atoms with Gasteiger partial charge in [-0.3, -0.25) is 9.89 Å². The zero-order valence-corrected chi connectivity index (χ0v) is 13.5. The van der Waals surface area contributed by atoms with E-state index in [1.54, 1.807) is 0 Å². The van der Waals surface area contributed by atoms with Crippen LogP contribution in [0, 0.1) is 12.8 Å². The van der Waals surface area contributed by atoms with Crippen LogP contribution < -0.4 is 4.90 Å². The molecule has 1 aromatic heterocycles. The van der Waals surface area contributed by atoms with E-state index in [0.717, 1.165) is 63.6 Å². The zero-order valence-electron chi connectivity index (χ0n) is 13.5. The Hall–Kier alpha value is -1.56. The summed E-state index contributed by atoms with van der Waals surface area (Å²) in [6, 6.07) is 2.06. The lowest BCUT2D eigenvalue weighted by atomic mass is 9.91. The molecule has 2 saturated heterocycles. The lowest BCUT2D eigenvalue weighted by molar-refractivity contribution is -0.145. The second kappa shape index (κ2) is 6.69. The molecule has 122 valence electrons. The summed E-state index contributed by atoms with van der Waals surface area (Å²) in [4.78, 5) is 17.0. The van der Waals surface area contributed by atoms with Crippen LogP contribution in [0.4, 0.5) is 5.82 Å². The number of ether oxygens (including phenoxy) is 1. The number of amides is 1. The highest BCUT2D eigenvalue weighted by atomic mass is 16.5. The minimum Gasteiger partial charge on any atom is -0.377 e. The molecule has 0 radical (unpaired) electrons. The first kappa shape index (κ1) is 15.3. The number of piperazine rings is 1. The average molecular weight is 306 g/mol. The van der Waals surface area contributed by atoms with Crippen LogP contribution in [0.1, 0.15) is 31.9 Å². The fourth-order valence-corrected chi connectivity index (χ4v) is 3.48. The number of H-pyrrole nitrogens is 1. The van der Waals surface area contributed by atoms with Gasteiger partial charge < -0.3 is 14.5 Å². The van der Waals surface area contributed by atoms with Crippen LogP contribution in [0.2, 0.25) is 0 Å². The molecular weight excluding hydrogens is 280 g/mol. The van der Waals surface area contributed by atoms with E-state index in [0.29, 0.717) is 0 Å². The van der Waals surface area contributed by atoms with Crippen molar-refractivity contribution in [3.05, 3.63) is 11.8 Å². The molecule has 1 N–H and O–H groups in total. The van der Waals surface area contributed by atoms with Crippen LogP contribution in [0.3, 0.4) is 0 Å². The molecule has 3 rings (SSSR count). The molecule has 0 unspecified atom stereocenters. The molecule has 1 aromatic rings. The molecule has 2 atom stereocenters. The SMILES string of the molecule is CC[C@@H]1OCCC[C@H]1C(=O)N1CCN(c2cc(C)[nH]n2)CC1. The van der Waals surface area contributed by atoms with E-state index in [1.165, 1.54) is 0 Å². The van der Waals surface area contributed by atoms with E-state index >= 15 is 0 Å². The normalized spacial score (nSPS) is 26.3. The highest BCUT2D eigenvalue weighted by molar-refractivity contribution is 5.79. The van der Waals surface area contributed by atoms with Gasteiger partial charge in [0.25, 0.3) is 0 Å². The molecule has 0 bridgehead atoms. The van der Waals surface area contributed by atoms with Crippen molar-refractivity contribution >= 4 is 11.7 Å². The fraction of sp³-hybridized carbons (Fsp3) is 0.750. The Morgan fingerprint density at radius 3 is 2.82 bits per heavy atom. The predicted molar refractivity (Wildman–Crippen MR) is 84.9 cm³/mol. The molecule has 2 fully saturated rings. The smallest absolute Gasteiger partial charge is 0.228 e. The Kier molecular flexibility index (Phi) is 4.66. The van der Waals surface area contributed by atoms with E-state index in [9.17, 15) is 4.79 Å². The number of aryl methyl sites for hydroxylation is 1. The lowest BCUT2D eigenvalue weighted by Crippen LogP contribution is -2.52. The van der Waals surface area contributed by atoms with Gasteiger partial charge >= 0.3 is 0 Å². The third kappa shape index (κ3) is 3.11. The molecule has 2 aliphatic rings. The molecular formula is C16H26N4O2. The lowest BCUT2D eigenvalue weighted by Gasteiger charge is -2.39.